The number of para-hydroxylation sites is 1. The van der Waals surface area contributed by atoms with Gasteiger partial charge in [-0.3, -0.25) is 0 Å². The number of nitrogens with zero attached hydrogens (tertiary/aromatic N) is 3. The smallest absolute Gasteiger partial charge is 0.229 e. The molecule has 0 aliphatic rings. The van der Waals surface area contributed by atoms with Gasteiger partial charge in [0.1, 0.15) is 5.82 Å². The van der Waals surface area contributed by atoms with Crippen molar-refractivity contribution in [3.63, 3.8) is 0 Å². The Balaban J connectivity index is 2.24. The average Bonchev–Trinajstić information content (AvgIpc) is 2.61. The molecule has 13 heavy (non-hydrogen) atoms. The van der Waals surface area contributed by atoms with E-state index in [0.717, 1.165) is 11.5 Å². The van der Waals surface area contributed by atoms with Gasteiger partial charge in [-0.05, 0) is 17.3 Å². The minimum Gasteiger partial charge on any atom is -0.326 e. The summed E-state index contributed by atoms with van der Waals surface area (Å²) in [6, 6.07) is 6.35. The molecule has 0 aliphatic carbocycles. The molecule has 4 nitrogen and oxygen atoms in total. The Labute approximate surface area is 77.6 Å². The summed E-state index contributed by atoms with van der Waals surface area (Å²) in [5.74, 6) is -0.322. The van der Waals surface area contributed by atoms with Gasteiger partial charge < -0.3 is 5.32 Å². The van der Waals surface area contributed by atoms with Gasteiger partial charge in [-0.1, -0.05) is 21.7 Å². The second-order valence-electron chi connectivity index (χ2n) is 2.27. The van der Waals surface area contributed by atoms with E-state index in [1.165, 1.54) is 6.07 Å². The van der Waals surface area contributed by atoms with Crippen LogP contribution in [0, 0.1) is 5.82 Å². The molecule has 2 aromatic rings. The van der Waals surface area contributed by atoms with Crippen LogP contribution in [-0.2, 0) is 0 Å². The van der Waals surface area contributed by atoms with Gasteiger partial charge in [0.25, 0.3) is 0 Å². The molecule has 0 fully saturated rings. The molecule has 0 aliphatic heterocycles. The summed E-state index contributed by atoms with van der Waals surface area (Å²) in [5.41, 5.74) is 0.376. The lowest BCUT2D eigenvalue weighted by Crippen LogP contribution is -1.92. The molecule has 6 heteroatoms. The topological polar surface area (TPSA) is 50.7 Å². The summed E-state index contributed by atoms with van der Waals surface area (Å²) in [5, 5.41) is 10.3. The molecule has 1 aromatic heterocycles. The van der Waals surface area contributed by atoms with Gasteiger partial charge in [-0.15, -0.1) is 0 Å². The van der Waals surface area contributed by atoms with E-state index in [4.69, 9.17) is 0 Å². The van der Waals surface area contributed by atoms with E-state index in [1.54, 1.807) is 18.2 Å². The number of benzene rings is 1. The molecular weight excluding hydrogens is 191 g/mol. The quantitative estimate of drug-likeness (QED) is 0.795. The van der Waals surface area contributed by atoms with Crippen LogP contribution in [0.2, 0.25) is 0 Å². The second-order valence-corrected chi connectivity index (χ2v) is 3.00. The number of nitrogens with one attached hydrogen (secondary N) is 1. The van der Waals surface area contributed by atoms with E-state index in [2.05, 4.69) is 20.1 Å². The van der Waals surface area contributed by atoms with Gasteiger partial charge in [0.2, 0.25) is 5.13 Å². The Morgan fingerprint density at radius 3 is 2.85 bits per heavy atom. The van der Waals surface area contributed by atoms with Crippen LogP contribution in [0.3, 0.4) is 0 Å². The first-order valence-corrected chi connectivity index (χ1v) is 4.30. The maximum absolute atomic E-state index is 13.1. The molecule has 1 N–H and O–H groups in total. The van der Waals surface area contributed by atoms with Crippen LogP contribution in [0.4, 0.5) is 15.2 Å². The number of halogens is 1. The number of hydrogen-bond acceptors (Lipinski definition) is 5. The van der Waals surface area contributed by atoms with Crippen molar-refractivity contribution in [2.45, 2.75) is 0 Å². The lowest BCUT2D eigenvalue weighted by atomic mass is 10.3. The van der Waals surface area contributed by atoms with Crippen LogP contribution in [0.1, 0.15) is 0 Å². The van der Waals surface area contributed by atoms with Crippen LogP contribution in [0.15, 0.2) is 24.3 Å². The predicted octanol–water partition coefficient (Wildman–Crippen LogP) is 1.82. The molecule has 1 heterocycles. The first kappa shape index (κ1) is 8.06. The van der Waals surface area contributed by atoms with Crippen molar-refractivity contribution >= 4 is 22.4 Å². The third kappa shape index (κ3) is 1.78. The van der Waals surface area contributed by atoms with E-state index in [9.17, 15) is 4.39 Å². The van der Waals surface area contributed by atoms with E-state index >= 15 is 0 Å². The lowest BCUT2D eigenvalue weighted by Gasteiger charge is -2.00. The van der Waals surface area contributed by atoms with E-state index in [0.29, 0.717) is 10.8 Å². The van der Waals surface area contributed by atoms with Gasteiger partial charge in [-0.25, -0.2) is 4.39 Å². The first-order chi connectivity index (χ1) is 6.36. The van der Waals surface area contributed by atoms with E-state index in [1.807, 2.05) is 0 Å². The monoisotopic (exact) mass is 196 g/mol. The summed E-state index contributed by atoms with van der Waals surface area (Å²) in [6.07, 6.45) is 0. The Morgan fingerprint density at radius 2 is 2.15 bits per heavy atom. The third-order valence-electron chi connectivity index (χ3n) is 1.41. The van der Waals surface area contributed by atoms with Gasteiger partial charge in [0.15, 0.2) is 0 Å². The van der Waals surface area contributed by atoms with Crippen molar-refractivity contribution < 1.29 is 4.39 Å². The number of rotatable bonds is 2. The highest BCUT2D eigenvalue weighted by Crippen LogP contribution is 2.18. The number of aromatic nitrogens is 3. The first-order valence-electron chi connectivity index (χ1n) is 3.53. The summed E-state index contributed by atoms with van der Waals surface area (Å²) in [4.78, 5) is 0. The zero-order chi connectivity index (χ0) is 9.10. The van der Waals surface area contributed by atoms with Crippen molar-refractivity contribution in [1.82, 2.24) is 14.8 Å². The molecule has 0 bridgehead atoms. The molecule has 0 radical (unpaired) electrons. The highest BCUT2D eigenvalue weighted by molar-refractivity contribution is 7.09. The molecule has 0 saturated heterocycles. The van der Waals surface area contributed by atoms with Gasteiger partial charge in [0.05, 0.1) is 5.69 Å². The minimum atomic E-state index is -0.322. The second kappa shape index (κ2) is 3.44. The van der Waals surface area contributed by atoms with E-state index < -0.39 is 0 Å². The molecule has 0 saturated carbocycles. The predicted molar refractivity (Wildman–Crippen MR) is 47.4 cm³/mol. The summed E-state index contributed by atoms with van der Waals surface area (Å²) in [7, 11) is 0. The van der Waals surface area contributed by atoms with Crippen molar-refractivity contribution in [3.8, 4) is 0 Å². The fraction of sp³-hybridized carbons (Fsp3) is 0. The number of hydrogen-bond donors (Lipinski definition) is 1. The third-order valence-corrected chi connectivity index (χ3v) is 1.93. The fourth-order valence-electron chi connectivity index (χ4n) is 0.860. The molecule has 0 amide bonds. The van der Waals surface area contributed by atoms with Crippen LogP contribution in [-0.4, -0.2) is 14.8 Å². The van der Waals surface area contributed by atoms with Crippen molar-refractivity contribution in [3.05, 3.63) is 30.1 Å². The molecule has 1 aromatic carbocycles. The maximum Gasteiger partial charge on any atom is 0.229 e. The maximum atomic E-state index is 13.1. The highest BCUT2D eigenvalue weighted by atomic mass is 32.1. The van der Waals surface area contributed by atoms with Gasteiger partial charge in [0, 0.05) is 11.5 Å². The largest absolute Gasteiger partial charge is 0.326 e. The Morgan fingerprint density at radius 1 is 1.31 bits per heavy atom. The molecule has 0 atom stereocenters. The lowest BCUT2D eigenvalue weighted by molar-refractivity contribution is 0.632. The fourth-order valence-corrected chi connectivity index (χ4v) is 1.24. The summed E-state index contributed by atoms with van der Waals surface area (Å²) >= 11 is 1.08. The Hall–Kier alpha value is -1.56. The zero-order valence-electron chi connectivity index (χ0n) is 6.44. The molecule has 0 spiro atoms. The van der Waals surface area contributed by atoms with Crippen LogP contribution in [0.5, 0.6) is 0 Å². The molecule has 66 valence electrons. The van der Waals surface area contributed by atoms with Gasteiger partial charge >= 0.3 is 0 Å². The standard InChI is InChI=1S/C7H5FN4S/c8-5-3-1-2-4-6(5)9-7-10-11-12-13-7/h1-4H,(H,9,10,12). The number of anilines is 2. The normalized spacial score (nSPS) is 9.92. The zero-order valence-corrected chi connectivity index (χ0v) is 7.25. The Kier molecular flexibility index (Phi) is 2.13. The highest BCUT2D eigenvalue weighted by Gasteiger charge is 2.02. The van der Waals surface area contributed by atoms with Crippen molar-refractivity contribution in [2.24, 2.45) is 0 Å². The SMILES string of the molecule is Fc1ccccc1Nc1nnns1. The minimum absolute atomic E-state index is 0.322. The molecular formula is C7H5FN4S. The van der Waals surface area contributed by atoms with Crippen LogP contribution in [0.25, 0.3) is 0 Å². The summed E-state index contributed by atoms with van der Waals surface area (Å²) in [6.45, 7) is 0. The van der Waals surface area contributed by atoms with Crippen molar-refractivity contribution in [1.29, 1.82) is 0 Å². The van der Waals surface area contributed by atoms with E-state index in [-0.39, 0.29) is 5.82 Å². The average molecular weight is 196 g/mol. The molecule has 0 unspecified atom stereocenters. The van der Waals surface area contributed by atoms with Gasteiger partial charge in [-0.2, -0.15) is 0 Å². The molecule has 2 rings (SSSR count). The van der Waals surface area contributed by atoms with Crippen LogP contribution >= 0.6 is 11.5 Å². The van der Waals surface area contributed by atoms with Crippen molar-refractivity contribution in [2.75, 3.05) is 5.32 Å². The Bertz CT molecular complexity index is 389. The van der Waals surface area contributed by atoms with Crippen LogP contribution < -0.4 is 5.32 Å². The summed E-state index contributed by atoms with van der Waals surface area (Å²) < 4.78 is 16.6.